The van der Waals surface area contributed by atoms with Crippen molar-refractivity contribution in [3.63, 3.8) is 0 Å². The van der Waals surface area contributed by atoms with Gasteiger partial charge >= 0.3 is 0 Å². The average molecular weight is 494 g/mol. The van der Waals surface area contributed by atoms with E-state index in [9.17, 15) is 17.6 Å². The number of aryl methyl sites for hydroxylation is 1. The van der Waals surface area contributed by atoms with Crippen LogP contribution in [-0.4, -0.2) is 43.2 Å². The Hall–Kier alpha value is -2.14. The van der Waals surface area contributed by atoms with Crippen LogP contribution in [0.2, 0.25) is 0 Å². The number of benzene rings is 1. The maximum atomic E-state index is 13.1. The lowest BCUT2D eigenvalue weighted by molar-refractivity contribution is -0.126. The molecule has 3 aromatic rings. The summed E-state index contributed by atoms with van der Waals surface area (Å²) >= 11 is 3.31. The number of sulfonamides is 1. The Morgan fingerprint density at radius 1 is 1.19 bits per heavy atom. The monoisotopic (exact) mass is 493 g/mol. The molecule has 170 valence electrons. The number of amides is 1. The molecule has 0 saturated carbocycles. The van der Waals surface area contributed by atoms with Gasteiger partial charge in [-0.25, -0.2) is 17.8 Å². The van der Waals surface area contributed by atoms with Gasteiger partial charge in [-0.2, -0.15) is 4.31 Å². The Morgan fingerprint density at radius 2 is 1.91 bits per heavy atom. The van der Waals surface area contributed by atoms with Gasteiger partial charge in [-0.05, 0) is 62.6 Å². The fraction of sp³-hybridized carbons (Fsp3) is 0.364. The number of piperidine rings is 1. The molecule has 10 heteroatoms. The molecule has 1 amide bonds. The first-order valence-electron chi connectivity index (χ1n) is 10.4. The van der Waals surface area contributed by atoms with Gasteiger partial charge in [-0.15, -0.1) is 22.7 Å². The number of carbonyl (C=O) groups excluding carboxylic acids is 1. The molecule has 0 atom stereocenters. The quantitative estimate of drug-likeness (QED) is 0.538. The molecular weight excluding hydrogens is 469 g/mol. The number of rotatable bonds is 7. The van der Waals surface area contributed by atoms with Crippen molar-refractivity contribution in [2.75, 3.05) is 19.6 Å². The topological polar surface area (TPSA) is 79.4 Å². The van der Waals surface area contributed by atoms with E-state index in [1.54, 1.807) is 22.7 Å². The van der Waals surface area contributed by atoms with E-state index in [4.69, 9.17) is 0 Å². The van der Waals surface area contributed by atoms with Crippen molar-refractivity contribution in [1.82, 2.24) is 14.6 Å². The second kappa shape index (κ2) is 9.78. The molecule has 1 aliphatic rings. The van der Waals surface area contributed by atoms with E-state index in [1.807, 2.05) is 6.92 Å². The summed E-state index contributed by atoms with van der Waals surface area (Å²) in [6, 6.07) is 8.96. The van der Waals surface area contributed by atoms with Crippen molar-refractivity contribution in [2.45, 2.75) is 31.1 Å². The number of nitrogens with zero attached hydrogens (tertiary/aromatic N) is 2. The molecule has 3 heterocycles. The molecule has 32 heavy (non-hydrogen) atoms. The van der Waals surface area contributed by atoms with Gasteiger partial charge in [0.2, 0.25) is 15.9 Å². The number of halogens is 1. The minimum Gasteiger partial charge on any atom is -0.355 e. The maximum Gasteiger partial charge on any atom is 0.243 e. The van der Waals surface area contributed by atoms with Crippen LogP contribution in [-0.2, 0) is 21.2 Å². The summed E-state index contributed by atoms with van der Waals surface area (Å²) in [5.41, 5.74) is 0.995. The molecule has 1 fully saturated rings. The Morgan fingerprint density at radius 3 is 2.56 bits per heavy atom. The Labute approximate surface area is 195 Å². The minimum atomic E-state index is -3.67. The second-order valence-electron chi connectivity index (χ2n) is 7.69. The van der Waals surface area contributed by atoms with Gasteiger partial charge in [-0.3, -0.25) is 4.79 Å². The van der Waals surface area contributed by atoms with Crippen LogP contribution in [0, 0.1) is 18.7 Å². The van der Waals surface area contributed by atoms with Crippen molar-refractivity contribution < 1.29 is 17.6 Å². The molecule has 0 spiro atoms. The SMILES string of the molecule is Cc1nc(-c2ccc(CCNC(=O)C3CCN(S(=O)(=O)c4ccc(F)cc4)CC3)s2)cs1. The molecule has 2 aromatic heterocycles. The molecule has 4 rings (SSSR count). The molecule has 0 bridgehead atoms. The predicted molar refractivity (Wildman–Crippen MR) is 125 cm³/mol. The van der Waals surface area contributed by atoms with Crippen LogP contribution >= 0.6 is 22.7 Å². The first kappa shape index (κ1) is 23.0. The lowest BCUT2D eigenvalue weighted by Crippen LogP contribution is -2.43. The minimum absolute atomic E-state index is 0.0317. The van der Waals surface area contributed by atoms with Gasteiger partial charge in [0, 0.05) is 35.8 Å². The zero-order valence-corrected chi connectivity index (χ0v) is 20.0. The van der Waals surface area contributed by atoms with Crippen molar-refractivity contribution in [2.24, 2.45) is 5.92 Å². The average Bonchev–Trinajstić information content (AvgIpc) is 3.43. The zero-order valence-electron chi connectivity index (χ0n) is 17.6. The van der Waals surface area contributed by atoms with Gasteiger partial charge in [0.05, 0.1) is 20.5 Å². The number of carbonyl (C=O) groups is 1. The summed E-state index contributed by atoms with van der Waals surface area (Å²) in [6.45, 7) is 3.09. The third-order valence-corrected chi connectivity index (χ3v) is 9.33. The normalized spacial score (nSPS) is 15.7. The van der Waals surface area contributed by atoms with Crippen molar-refractivity contribution >= 4 is 38.6 Å². The van der Waals surface area contributed by atoms with E-state index >= 15 is 0 Å². The summed E-state index contributed by atoms with van der Waals surface area (Å²) in [4.78, 5) is 19.5. The van der Waals surface area contributed by atoms with Gasteiger partial charge in [0.1, 0.15) is 5.82 Å². The Bertz CT molecular complexity index is 1180. The molecule has 0 unspecified atom stereocenters. The van der Waals surface area contributed by atoms with Gasteiger partial charge in [-0.1, -0.05) is 0 Å². The van der Waals surface area contributed by atoms with Gasteiger partial charge in [0.25, 0.3) is 0 Å². The number of hydrogen-bond acceptors (Lipinski definition) is 6. The molecule has 1 aliphatic heterocycles. The fourth-order valence-electron chi connectivity index (χ4n) is 3.69. The van der Waals surface area contributed by atoms with E-state index in [-0.39, 0.29) is 29.8 Å². The number of nitrogens with one attached hydrogen (secondary N) is 1. The van der Waals surface area contributed by atoms with Crippen molar-refractivity contribution in [3.05, 3.63) is 57.5 Å². The van der Waals surface area contributed by atoms with Crippen molar-refractivity contribution in [1.29, 1.82) is 0 Å². The van der Waals surface area contributed by atoms with Crippen LogP contribution in [0.1, 0.15) is 22.7 Å². The van der Waals surface area contributed by atoms with Crippen LogP contribution in [0.4, 0.5) is 4.39 Å². The Kier molecular flexibility index (Phi) is 7.04. The second-order valence-corrected chi connectivity index (χ2v) is 11.9. The number of thiazole rings is 1. The van der Waals surface area contributed by atoms with Crippen molar-refractivity contribution in [3.8, 4) is 10.6 Å². The van der Waals surface area contributed by atoms with E-state index in [2.05, 4.69) is 27.8 Å². The zero-order chi connectivity index (χ0) is 22.7. The highest BCUT2D eigenvalue weighted by molar-refractivity contribution is 7.89. The van der Waals surface area contributed by atoms with E-state index in [0.29, 0.717) is 19.4 Å². The highest BCUT2D eigenvalue weighted by atomic mass is 32.2. The van der Waals surface area contributed by atoms with Crippen LogP contribution in [0.5, 0.6) is 0 Å². The number of thiophene rings is 1. The lowest BCUT2D eigenvalue weighted by Gasteiger charge is -2.30. The van der Waals surface area contributed by atoms with E-state index < -0.39 is 15.8 Å². The summed E-state index contributed by atoms with van der Waals surface area (Å²) in [5.74, 6) is -0.710. The summed E-state index contributed by atoms with van der Waals surface area (Å²) in [6.07, 6.45) is 1.69. The largest absolute Gasteiger partial charge is 0.355 e. The highest BCUT2D eigenvalue weighted by Crippen LogP contribution is 2.29. The molecule has 1 N–H and O–H groups in total. The van der Waals surface area contributed by atoms with Crippen LogP contribution in [0.3, 0.4) is 0 Å². The first-order chi connectivity index (χ1) is 15.3. The summed E-state index contributed by atoms with van der Waals surface area (Å²) in [7, 11) is -3.67. The molecule has 1 aromatic carbocycles. The molecular formula is C22H24FN3O3S3. The molecule has 6 nitrogen and oxygen atoms in total. The number of aromatic nitrogens is 1. The molecule has 1 saturated heterocycles. The third-order valence-electron chi connectivity index (χ3n) is 5.48. The summed E-state index contributed by atoms with van der Waals surface area (Å²) < 4.78 is 39.9. The number of hydrogen-bond donors (Lipinski definition) is 1. The first-order valence-corrected chi connectivity index (χ1v) is 13.5. The predicted octanol–water partition coefficient (Wildman–Crippen LogP) is 4.08. The fourth-order valence-corrected chi connectivity index (χ4v) is 6.82. The van der Waals surface area contributed by atoms with E-state index in [0.717, 1.165) is 34.1 Å². The Balaban J connectivity index is 1.24. The maximum absolute atomic E-state index is 13.1. The standard InChI is InChI=1S/C22H24FN3O3S3/c1-15-25-20(14-30-15)21-7-4-18(31-21)8-11-24-22(27)16-9-12-26(13-10-16)32(28,29)19-5-2-17(23)3-6-19/h2-7,14,16H,8-13H2,1H3,(H,24,27). The molecule has 0 aliphatic carbocycles. The smallest absolute Gasteiger partial charge is 0.243 e. The van der Waals surface area contributed by atoms with Crippen LogP contribution in [0.15, 0.2) is 46.7 Å². The summed E-state index contributed by atoms with van der Waals surface area (Å²) in [5, 5.41) is 6.08. The van der Waals surface area contributed by atoms with Crippen LogP contribution < -0.4 is 5.32 Å². The van der Waals surface area contributed by atoms with Gasteiger partial charge in [0.15, 0.2) is 0 Å². The van der Waals surface area contributed by atoms with Gasteiger partial charge < -0.3 is 5.32 Å². The third kappa shape index (κ3) is 5.25. The van der Waals surface area contributed by atoms with E-state index in [1.165, 1.54) is 21.3 Å². The highest BCUT2D eigenvalue weighted by Gasteiger charge is 2.32. The lowest BCUT2D eigenvalue weighted by atomic mass is 9.97. The molecule has 0 radical (unpaired) electrons. The van der Waals surface area contributed by atoms with Crippen LogP contribution in [0.25, 0.3) is 10.6 Å².